The Bertz CT molecular complexity index is 51.0. The summed E-state index contributed by atoms with van der Waals surface area (Å²) >= 11 is 0. The molecular formula is C2H5ClKNO2. The van der Waals surface area contributed by atoms with Gasteiger partial charge in [-0.3, -0.25) is 4.79 Å². The van der Waals surface area contributed by atoms with Crippen LogP contribution in [0.1, 0.15) is 0 Å². The molecule has 0 aromatic heterocycles. The van der Waals surface area contributed by atoms with Crippen molar-refractivity contribution in [2.24, 2.45) is 5.73 Å². The van der Waals surface area contributed by atoms with E-state index in [0.717, 1.165) is 0 Å². The molecule has 0 aliphatic heterocycles. The van der Waals surface area contributed by atoms with E-state index in [0.29, 0.717) is 0 Å². The Balaban J connectivity index is -0.0000000800. The molecule has 0 saturated heterocycles. The molecule has 0 amide bonds. The number of carboxylic acids is 1. The molecule has 0 aromatic rings. The first-order chi connectivity index (χ1) is 2.27. The van der Waals surface area contributed by atoms with Gasteiger partial charge in [-0.15, -0.1) is 0 Å². The third kappa shape index (κ3) is 18.7. The summed E-state index contributed by atoms with van der Waals surface area (Å²) in [6, 6.07) is 0. The molecule has 0 aromatic carbocycles. The maximum Gasteiger partial charge on any atom is 1.00 e. The maximum absolute atomic E-state index is 9.24. The molecule has 0 heterocycles. The van der Waals surface area contributed by atoms with Crippen molar-refractivity contribution < 1.29 is 73.7 Å². The zero-order valence-electron chi connectivity index (χ0n) is 4.02. The van der Waals surface area contributed by atoms with Gasteiger partial charge in [0.25, 0.3) is 0 Å². The molecule has 38 valence electrons. The second kappa shape index (κ2) is 10.4. The van der Waals surface area contributed by atoms with Gasteiger partial charge in [0, 0.05) is 0 Å². The molecule has 0 fully saturated rings. The fourth-order valence-electron chi connectivity index (χ4n) is 0. The van der Waals surface area contributed by atoms with Crippen molar-refractivity contribution in [1.29, 1.82) is 0 Å². The monoisotopic (exact) mass is 149 g/mol. The van der Waals surface area contributed by atoms with Crippen LogP contribution in [0.25, 0.3) is 0 Å². The van der Waals surface area contributed by atoms with Crippen molar-refractivity contribution in [2.75, 3.05) is 6.54 Å². The molecule has 3 nitrogen and oxygen atoms in total. The smallest absolute Gasteiger partial charge is 1.00 e. The number of halogens is 1. The van der Waals surface area contributed by atoms with Crippen LogP contribution in [0.4, 0.5) is 0 Å². The van der Waals surface area contributed by atoms with E-state index in [4.69, 9.17) is 5.11 Å². The first-order valence-electron chi connectivity index (χ1n) is 1.19. The van der Waals surface area contributed by atoms with Gasteiger partial charge < -0.3 is 23.2 Å². The normalized spacial score (nSPS) is 5.29. The average Bonchev–Trinajstić information content (AvgIpc) is 1.38. The van der Waals surface area contributed by atoms with Gasteiger partial charge in [0.05, 0.1) is 6.54 Å². The van der Waals surface area contributed by atoms with Crippen LogP contribution in [0.15, 0.2) is 0 Å². The standard InChI is InChI=1S/C2H5NO2.ClH.K/c3-1-2(4)5;;/h1,3H2,(H,4,5);1H;/q;;+1/p-1. The molecule has 0 aliphatic carbocycles. The van der Waals surface area contributed by atoms with Gasteiger partial charge in [-0.1, -0.05) is 0 Å². The second-order valence-corrected chi connectivity index (χ2v) is 0.598. The first kappa shape index (κ1) is 15.8. The molecule has 0 saturated carbocycles. The molecule has 0 unspecified atom stereocenters. The Hall–Kier alpha value is 1.36. The van der Waals surface area contributed by atoms with Gasteiger partial charge in [-0.2, -0.15) is 0 Å². The minimum absolute atomic E-state index is 0. The van der Waals surface area contributed by atoms with Crippen LogP contribution in [-0.4, -0.2) is 17.6 Å². The van der Waals surface area contributed by atoms with Gasteiger partial charge in [0.1, 0.15) is 0 Å². The van der Waals surface area contributed by atoms with Crippen molar-refractivity contribution >= 4 is 5.97 Å². The fraction of sp³-hybridized carbons (Fsp3) is 0.500. The Morgan fingerprint density at radius 2 is 1.86 bits per heavy atom. The Morgan fingerprint density at radius 3 is 1.86 bits per heavy atom. The predicted molar refractivity (Wildman–Crippen MR) is 16.7 cm³/mol. The van der Waals surface area contributed by atoms with Crippen LogP contribution in [0.3, 0.4) is 0 Å². The van der Waals surface area contributed by atoms with E-state index in [1.165, 1.54) is 0 Å². The van der Waals surface area contributed by atoms with Crippen molar-refractivity contribution in [3.05, 3.63) is 0 Å². The van der Waals surface area contributed by atoms with Gasteiger partial charge >= 0.3 is 57.4 Å². The summed E-state index contributed by atoms with van der Waals surface area (Å²) in [4.78, 5) is 9.24. The van der Waals surface area contributed by atoms with E-state index >= 15 is 0 Å². The predicted octanol–water partition coefficient (Wildman–Crippen LogP) is -6.96. The number of carboxylic acid groups (broad SMARTS) is 1. The number of aliphatic carboxylic acids is 1. The minimum Gasteiger partial charge on any atom is -1.00 e. The Kier molecular flexibility index (Phi) is 23.3. The molecule has 0 radical (unpaired) electrons. The average molecular weight is 150 g/mol. The third-order valence-corrected chi connectivity index (χ3v) is 0.175. The molecule has 7 heavy (non-hydrogen) atoms. The molecule has 0 aliphatic rings. The zero-order valence-corrected chi connectivity index (χ0v) is 7.90. The summed E-state index contributed by atoms with van der Waals surface area (Å²) in [5.41, 5.74) is 4.57. The quantitative estimate of drug-likeness (QED) is 0.365. The van der Waals surface area contributed by atoms with Crippen molar-refractivity contribution in [3.63, 3.8) is 0 Å². The van der Waals surface area contributed by atoms with Gasteiger partial charge in [0.15, 0.2) is 0 Å². The number of carbonyl (C=O) groups is 1. The minimum atomic E-state index is -0.968. The largest absolute Gasteiger partial charge is 1.00 e. The third-order valence-electron chi connectivity index (χ3n) is 0.175. The van der Waals surface area contributed by atoms with E-state index in [-0.39, 0.29) is 70.3 Å². The van der Waals surface area contributed by atoms with Crippen LogP contribution >= 0.6 is 0 Å². The summed E-state index contributed by atoms with van der Waals surface area (Å²) in [6.45, 7) is -0.278. The van der Waals surface area contributed by atoms with Crippen LogP contribution in [0, 0.1) is 0 Å². The summed E-state index contributed by atoms with van der Waals surface area (Å²) in [6.07, 6.45) is 0. The number of hydrogen-bond donors (Lipinski definition) is 2. The molecule has 3 N–H and O–H groups in total. The van der Waals surface area contributed by atoms with Gasteiger partial charge in [0.2, 0.25) is 0 Å². The van der Waals surface area contributed by atoms with Gasteiger partial charge in [-0.25, -0.2) is 0 Å². The van der Waals surface area contributed by atoms with E-state index in [1.807, 2.05) is 0 Å². The van der Waals surface area contributed by atoms with Crippen molar-refractivity contribution in [3.8, 4) is 0 Å². The van der Waals surface area contributed by atoms with E-state index < -0.39 is 5.97 Å². The SMILES string of the molecule is NCC(=O)O.[Cl-].[K+]. The Labute approximate surface area is 90.5 Å². The molecule has 5 heteroatoms. The van der Waals surface area contributed by atoms with Crippen molar-refractivity contribution in [1.82, 2.24) is 0 Å². The molecule has 0 rings (SSSR count). The first-order valence-corrected chi connectivity index (χ1v) is 1.19. The number of hydrogen-bond acceptors (Lipinski definition) is 2. The second-order valence-electron chi connectivity index (χ2n) is 0.598. The molecule has 0 spiro atoms. The summed E-state index contributed by atoms with van der Waals surface area (Å²) in [5, 5.41) is 7.60. The van der Waals surface area contributed by atoms with E-state index in [9.17, 15) is 4.79 Å². The Morgan fingerprint density at radius 1 is 1.71 bits per heavy atom. The van der Waals surface area contributed by atoms with Crippen LogP contribution in [-0.2, 0) is 4.79 Å². The van der Waals surface area contributed by atoms with Crippen LogP contribution in [0.5, 0.6) is 0 Å². The van der Waals surface area contributed by atoms with Crippen LogP contribution < -0.4 is 69.5 Å². The van der Waals surface area contributed by atoms with E-state index in [1.54, 1.807) is 0 Å². The summed E-state index contributed by atoms with van der Waals surface area (Å²) < 4.78 is 0. The van der Waals surface area contributed by atoms with Gasteiger partial charge in [-0.05, 0) is 0 Å². The molecule has 0 atom stereocenters. The topological polar surface area (TPSA) is 63.3 Å². The molecular weight excluding hydrogens is 145 g/mol. The zero-order chi connectivity index (χ0) is 4.28. The summed E-state index contributed by atoms with van der Waals surface area (Å²) in [7, 11) is 0. The fourth-order valence-corrected chi connectivity index (χ4v) is 0. The number of rotatable bonds is 1. The number of nitrogens with two attached hydrogens (primary N) is 1. The maximum atomic E-state index is 9.24. The molecule has 0 bridgehead atoms. The van der Waals surface area contributed by atoms with E-state index in [2.05, 4.69) is 5.73 Å². The van der Waals surface area contributed by atoms with Crippen LogP contribution in [0.2, 0.25) is 0 Å². The summed E-state index contributed by atoms with van der Waals surface area (Å²) in [5.74, 6) is -0.968. The van der Waals surface area contributed by atoms with Crippen molar-refractivity contribution in [2.45, 2.75) is 0 Å².